The van der Waals surface area contributed by atoms with Crippen molar-refractivity contribution in [3.05, 3.63) is 27.9 Å². The number of hydrogen-bond acceptors (Lipinski definition) is 8. The molecule has 8 nitrogen and oxygen atoms in total. The molecule has 0 aliphatic carbocycles. The molecule has 0 spiro atoms. The Hall–Kier alpha value is -1.66. The molecule has 4 heterocycles. The summed E-state index contributed by atoms with van der Waals surface area (Å²) in [6.45, 7) is 2.75. The highest BCUT2D eigenvalue weighted by atomic mass is 32.2. The molecule has 162 valence electrons. The van der Waals surface area contributed by atoms with Crippen LogP contribution >= 0.6 is 22.7 Å². The van der Waals surface area contributed by atoms with Crippen LogP contribution in [-0.4, -0.2) is 77.8 Å². The largest absolute Gasteiger partial charge is 0.294 e. The molecule has 0 aromatic carbocycles. The van der Waals surface area contributed by atoms with Crippen LogP contribution in [0.1, 0.15) is 24.3 Å². The first-order chi connectivity index (χ1) is 14.4. The van der Waals surface area contributed by atoms with Gasteiger partial charge >= 0.3 is 0 Å². The van der Waals surface area contributed by atoms with E-state index in [0.717, 1.165) is 20.5 Å². The van der Waals surface area contributed by atoms with Crippen LogP contribution in [-0.2, 0) is 26.2 Å². The Morgan fingerprint density at radius 2 is 1.77 bits per heavy atom. The second kappa shape index (κ2) is 9.23. The first-order valence-corrected chi connectivity index (χ1v) is 13.3. The van der Waals surface area contributed by atoms with E-state index in [1.807, 2.05) is 11.4 Å². The van der Waals surface area contributed by atoms with E-state index in [1.165, 1.54) is 4.31 Å². The van der Waals surface area contributed by atoms with Gasteiger partial charge in [-0.15, -0.1) is 22.7 Å². The molecule has 2 amide bonds. The molecule has 0 N–H and O–H groups in total. The number of carbonyl (C=O) groups is 2. The van der Waals surface area contributed by atoms with E-state index >= 15 is 0 Å². The number of rotatable bonds is 7. The second-order valence-corrected chi connectivity index (χ2v) is 11.4. The zero-order valence-corrected chi connectivity index (χ0v) is 19.0. The average molecular weight is 469 g/mol. The Labute approximate surface area is 184 Å². The molecular formula is C19H24N4O4S3. The molecule has 2 aromatic heterocycles. The van der Waals surface area contributed by atoms with Crippen LogP contribution < -0.4 is 0 Å². The number of sulfonamides is 1. The number of likely N-dealkylation sites (tertiary alicyclic amines) is 1. The SMILES string of the molecule is O=C1CCCC(=O)N1CCS(=O)(=O)N1CCN(Cc2nc(-c3cccs3)cs2)CC1. The summed E-state index contributed by atoms with van der Waals surface area (Å²) in [7, 11) is -3.50. The topological polar surface area (TPSA) is 90.9 Å². The lowest BCUT2D eigenvalue weighted by atomic mass is 10.1. The summed E-state index contributed by atoms with van der Waals surface area (Å²) in [6, 6.07) is 4.06. The van der Waals surface area contributed by atoms with Crippen LogP contribution in [0.4, 0.5) is 0 Å². The van der Waals surface area contributed by atoms with Crippen molar-refractivity contribution >= 4 is 44.5 Å². The van der Waals surface area contributed by atoms with Crippen LogP contribution in [0.2, 0.25) is 0 Å². The van der Waals surface area contributed by atoms with Crippen LogP contribution in [0.15, 0.2) is 22.9 Å². The van der Waals surface area contributed by atoms with Gasteiger partial charge in [-0.3, -0.25) is 19.4 Å². The van der Waals surface area contributed by atoms with Crippen molar-refractivity contribution in [2.75, 3.05) is 38.5 Å². The standard InChI is InChI=1S/C19H24N4O4S3/c24-18-4-1-5-19(25)23(18)10-12-30(26,27)22-8-6-21(7-9-22)13-17-20-15(14-29-17)16-3-2-11-28-16/h2-3,11,14H,1,4-10,12-13H2. The number of imide groups is 1. The van der Waals surface area contributed by atoms with E-state index in [9.17, 15) is 18.0 Å². The Morgan fingerprint density at radius 1 is 1.03 bits per heavy atom. The summed E-state index contributed by atoms with van der Waals surface area (Å²) in [5, 5.41) is 5.12. The van der Waals surface area contributed by atoms with Gasteiger partial charge < -0.3 is 0 Å². The van der Waals surface area contributed by atoms with Crippen molar-refractivity contribution in [1.29, 1.82) is 0 Å². The molecule has 0 saturated carbocycles. The van der Waals surface area contributed by atoms with Crippen molar-refractivity contribution in [3.8, 4) is 10.6 Å². The molecule has 2 fully saturated rings. The van der Waals surface area contributed by atoms with E-state index in [-0.39, 0.29) is 24.1 Å². The highest BCUT2D eigenvalue weighted by Crippen LogP contribution is 2.26. The van der Waals surface area contributed by atoms with Gasteiger partial charge in [-0.1, -0.05) is 6.07 Å². The molecule has 11 heteroatoms. The average Bonchev–Trinajstić information content (AvgIpc) is 3.40. The molecule has 0 bridgehead atoms. The maximum atomic E-state index is 12.7. The van der Waals surface area contributed by atoms with Crippen molar-refractivity contribution in [2.24, 2.45) is 0 Å². The van der Waals surface area contributed by atoms with E-state index in [1.54, 1.807) is 22.7 Å². The van der Waals surface area contributed by atoms with Gasteiger partial charge in [0.05, 0.1) is 22.9 Å². The van der Waals surface area contributed by atoms with Gasteiger partial charge in [-0.25, -0.2) is 13.4 Å². The molecule has 2 aliphatic rings. The number of thiazole rings is 1. The third-order valence-corrected chi connectivity index (χ3v) is 8.94. The quantitative estimate of drug-likeness (QED) is 0.576. The number of thiophene rings is 1. The van der Waals surface area contributed by atoms with Crippen molar-refractivity contribution in [3.63, 3.8) is 0 Å². The van der Waals surface area contributed by atoms with E-state index in [2.05, 4.69) is 16.3 Å². The third-order valence-electron chi connectivity index (χ3n) is 5.37. The summed E-state index contributed by atoms with van der Waals surface area (Å²) in [4.78, 5) is 32.9. The first kappa shape index (κ1) is 21.6. The highest BCUT2D eigenvalue weighted by Gasteiger charge is 2.31. The van der Waals surface area contributed by atoms with Gasteiger partial charge in [-0.05, 0) is 17.9 Å². The van der Waals surface area contributed by atoms with Gasteiger partial charge in [0.1, 0.15) is 5.01 Å². The monoisotopic (exact) mass is 468 g/mol. The fourth-order valence-corrected chi connectivity index (χ4v) is 6.65. The van der Waals surface area contributed by atoms with Gasteiger partial charge in [0, 0.05) is 50.9 Å². The Balaban J connectivity index is 1.27. The fourth-order valence-electron chi connectivity index (χ4n) is 3.66. The smallest absolute Gasteiger partial charge is 0.229 e. The fraction of sp³-hybridized carbons (Fsp3) is 0.526. The van der Waals surface area contributed by atoms with Crippen molar-refractivity contribution < 1.29 is 18.0 Å². The minimum absolute atomic E-state index is 0.0508. The van der Waals surface area contributed by atoms with Crippen molar-refractivity contribution in [1.82, 2.24) is 19.1 Å². The molecule has 2 aliphatic heterocycles. The minimum atomic E-state index is -3.50. The van der Waals surface area contributed by atoms with E-state index in [0.29, 0.717) is 52.0 Å². The molecule has 0 radical (unpaired) electrons. The number of piperazine rings is 1. The van der Waals surface area contributed by atoms with Crippen LogP contribution in [0, 0.1) is 0 Å². The molecule has 2 saturated heterocycles. The molecular weight excluding hydrogens is 444 g/mol. The minimum Gasteiger partial charge on any atom is -0.294 e. The van der Waals surface area contributed by atoms with Gasteiger partial charge in [0.25, 0.3) is 0 Å². The second-order valence-electron chi connectivity index (χ2n) is 7.39. The van der Waals surface area contributed by atoms with Crippen molar-refractivity contribution in [2.45, 2.75) is 25.8 Å². The lowest BCUT2D eigenvalue weighted by molar-refractivity contribution is -0.147. The molecule has 2 aromatic rings. The van der Waals surface area contributed by atoms with E-state index < -0.39 is 10.0 Å². The summed E-state index contributed by atoms with van der Waals surface area (Å²) in [6.07, 6.45) is 1.18. The molecule has 0 atom stereocenters. The molecule has 30 heavy (non-hydrogen) atoms. The molecule has 0 unspecified atom stereocenters. The Morgan fingerprint density at radius 3 is 2.43 bits per heavy atom. The van der Waals surface area contributed by atoms with Crippen LogP contribution in [0.3, 0.4) is 0 Å². The van der Waals surface area contributed by atoms with Crippen LogP contribution in [0.25, 0.3) is 10.6 Å². The lowest BCUT2D eigenvalue weighted by Crippen LogP contribution is -2.50. The highest BCUT2D eigenvalue weighted by molar-refractivity contribution is 7.89. The van der Waals surface area contributed by atoms with Gasteiger partial charge in [-0.2, -0.15) is 4.31 Å². The normalized spacial score (nSPS) is 19.5. The number of amides is 2. The predicted molar refractivity (Wildman–Crippen MR) is 117 cm³/mol. The van der Waals surface area contributed by atoms with Gasteiger partial charge in [0.15, 0.2) is 0 Å². The third kappa shape index (κ3) is 4.97. The van der Waals surface area contributed by atoms with E-state index in [4.69, 9.17) is 4.98 Å². The summed E-state index contributed by atoms with van der Waals surface area (Å²) in [5.41, 5.74) is 0.994. The van der Waals surface area contributed by atoms with Crippen LogP contribution in [0.5, 0.6) is 0 Å². The number of piperidine rings is 1. The summed E-state index contributed by atoms with van der Waals surface area (Å²) >= 11 is 3.29. The summed E-state index contributed by atoms with van der Waals surface area (Å²) < 4.78 is 26.9. The predicted octanol–water partition coefficient (Wildman–Crippen LogP) is 1.86. The maximum Gasteiger partial charge on any atom is 0.229 e. The number of hydrogen-bond donors (Lipinski definition) is 0. The lowest BCUT2D eigenvalue weighted by Gasteiger charge is -2.34. The maximum absolute atomic E-state index is 12.7. The zero-order chi connectivity index (χ0) is 21.1. The summed E-state index contributed by atoms with van der Waals surface area (Å²) in [5.74, 6) is -0.741. The number of carbonyl (C=O) groups excluding carboxylic acids is 2. The Kier molecular flexibility index (Phi) is 6.63. The molecule has 4 rings (SSSR count). The first-order valence-electron chi connectivity index (χ1n) is 9.94. The zero-order valence-electron chi connectivity index (χ0n) is 16.5. The van der Waals surface area contributed by atoms with Gasteiger partial charge in [0.2, 0.25) is 21.8 Å². The number of nitrogens with zero attached hydrogens (tertiary/aromatic N) is 4. The number of aromatic nitrogens is 1. The Bertz CT molecular complexity index is 979.